The van der Waals surface area contributed by atoms with Crippen molar-refractivity contribution >= 4 is 6.09 Å². The molecular weight excluding hydrogens is 278 g/mol. The van der Waals surface area contributed by atoms with E-state index in [-0.39, 0.29) is 18.1 Å². The number of carbonyl (C=O) groups is 1. The van der Waals surface area contributed by atoms with E-state index in [1.54, 1.807) is 4.90 Å². The van der Waals surface area contributed by atoms with Crippen LogP contribution >= 0.6 is 0 Å². The number of ether oxygens (including phenoxy) is 1. The first-order valence-corrected chi connectivity index (χ1v) is 7.96. The molecule has 22 heavy (non-hydrogen) atoms. The minimum Gasteiger partial charge on any atom is -0.444 e. The Kier molecular flexibility index (Phi) is 5.12. The molecular formula is C18H27NO3. The van der Waals surface area contributed by atoms with E-state index >= 15 is 0 Å². The molecule has 0 aromatic heterocycles. The highest BCUT2D eigenvalue weighted by Gasteiger charge is 2.36. The fraction of sp³-hybridized carbons (Fsp3) is 0.611. The number of piperidine rings is 1. The number of rotatable bonds is 3. The Bertz CT molecular complexity index is 485. The summed E-state index contributed by atoms with van der Waals surface area (Å²) in [6.45, 7) is 7.07. The van der Waals surface area contributed by atoms with Crippen LogP contribution in [0.5, 0.6) is 0 Å². The second kappa shape index (κ2) is 6.69. The first-order valence-electron chi connectivity index (χ1n) is 7.96. The molecule has 1 amide bonds. The van der Waals surface area contributed by atoms with E-state index in [1.807, 2.05) is 39.0 Å². The second-order valence-corrected chi connectivity index (χ2v) is 7.29. The number of benzene rings is 1. The fourth-order valence-corrected chi connectivity index (χ4v) is 2.91. The van der Waals surface area contributed by atoms with Gasteiger partial charge < -0.3 is 14.7 Å². The van der Waals surface area contributed by atoms with Crippen LogP contribution in [0.15, 0.2) is 30.3 Å². The summed E-state index contributed by atoms with van der Waals surface area (Å²) in [6, 6.07) is 10.2. The number of aliphatic hydroxyl groups is 1. The number of carbonyl (C=O) groups excluding carboxylic acids is 1. The largest absolute Gasteiger partial charge is 0.444 e. The maximum absolute atomic E-state index is 12.1. The molecule has 0 spiro atoms. The smallest absolute Gasteiger partial charge is 0.410 e. The zero-order chi connectivity index (χ0) is 16.2. The number of nitrogens with zero attached hydrogens (tertiary/aromatic N) is 1. The van der Waals surface area contributed by atoms with Gasteiger partial charge in [0.15, 0.2) is 0 Å². The normalized spacial score (nSPS) is 18.1. The van der Waals surface area contributed by atoms with E-state index < -0.39 is 5.60 Å². The van der Waals surface area contributed by atoms with Gasteiger partial charge >= 0.3 is 6.09 Å². The maximum atomic E-state index is 12.1. The minimum absolute atomic E-state index is 0.125. The molecule has 1 N–H and O–H groups in total. The lowest BCUT2D eigenvalue weighted by Crippen LogP contribution is -2.47. The van der Waals surface area contributed by atoms with Crippen molar-refractivity contribution in [3.63, 3.8) is 0 Å². The molecule has 0 unspecified atom stereocenters. The molecule has 4 nitrogen and oxygen atoms in total. The van der Waals surface area contributed by atoms with Crippen molar-refractivity contribution in [1.82, 2.24) is 4.90 Å². The third-order valence-corrected chi connectivity index (χ3v) is 4.23. The summed E-state index contributed by atoms with van der Waals surface area (Å²) in [6.07, 6.45) is 2.21. The van der Waals surface area contributed by atoms with Gasteiger partial charge in [0.05, 0.1) is 0 Å². The molecule has 1 aromatic carbocycles. The van der Waals surface area contributed by atoms with Crippen LogP contribution in [0.4, 0.5) is 4.79 Å². The van der Waals surface area contributed by atoms with E-state index in [4.69, 9.17) is 4.74 Å². The zero-order valence-electron chi connectivity index (χ0n) is 13.8. The van der Waals surface area contributed by atoms with Crippen molar-refractivity contribution in [3.05, 3.63) is 35.9 Å². The summed E-state index contributed by atoms with van der Waals surface area (Å²) in [5, 5.41) is 9.88. The summed E-state index contributed by atoms with van der Waals surface area (Å²) < 4.78 is 5.42. The highest BCUT2D eigenvalue weighted by molar-refractivity contribution is 5.68. The summed E-state index contributed by atoms with van der Waals surface area (Å²) in [5.74, 6) is 0. The zero-order valence-corrected chi connectivity index (χ0v) is 13.8. The number of amides is 1. The molecule has 1 aliphatic rings. The van der Waals surface area contributed by atoms with Crippen LogP contribution < -0.4 is 0 Å². The number of hydrogen-bond donors (Lipinski definition) is 1. The molecule has 0 atom stereocenters. The van der Waals surface area contributed by atoms with Gasteiger partial charge in [-0.25, -0.2) is 4.79 Å². The Morgan fingerprint density at radius 1 is 1.23 bits per heavy atom. The Labute approximate surface area is 133 Å². The number of aliphatic hydroxyl groups excluding tert-OH is 1. The molecule has 4 heteroatoms. The standard InChI is InChI=1S/C18H27NO3/c1-17(2,3)22-16(21)19-11-9-18(14-20,10-12-19)13-15-7-5-4-6-8-15/h4-8,20H,9-14H2,1-3H3. The monoisotopic (exact) mass is 305 g/mol. The lowest BCUT2D eigenvalue weighted by molar-refractivity contribution is -0.000182. The van der Waals surface area contributed by atoms with Crippen LogP contribution in [0, 0.1) is 5.41 Å². The van der Waals surface area contributed by atoms with E-state index in [9.17, 15) is 9.90 Å². The quantitative estimate of drug-likeness (QED) is 0.932. The minimum atomic E-state index is -0.466. The van der Waals surface area contributed by atoms with Crippen molar-refractivity contribution in [3.8, 4) is 0 Å². The van der Waals surface area contributed by atoms with Crippen LogP contribution in [0.3, 0.4) is 0 Å². The van der Waals surface area contributed by atoms with Crippen molar-refractivity contribution in [2.45, 2.75) is 45.6 Å². The van der Waals surface area contributed by atoms with Crippen molar-refractivity contribution in [2.75, 3.05) is 19.7 Å². The average molecular weight is 305 g/mol. The van der Waals surface area contributed by atoms with Gasteiger partial charge in [0, 0.05) is 25.1 Å². The van der Waals surface area contributed by atoms with Crippen LogP contribution in [0.1, 0.15) is 39.2 Å². The van der Waals surface area contributed by atoms with E-state index in [0.29, 0.717) is 13.1 Å². The molecule has 1 heterocycles. The lowest BCUT2D eigenvalue weighted by Gasteiger charge is -2.41. The molecule has 1 saturated heterocycles. The summed E-state index contributed by atoms with van der Waals surface area (Å²) in [5.41, 5.74) is 0.647. The van der Waals surface area contributed by atoms with E-state index in [1.165, 1.54) is 5.56 Å². The summed E-state index contributed by atoms with van der Waals surface area (Å²) in [7, 11) is 0. The summed E-state index contributed by atoms with van der Waals surface area (Å²) in [4.78, 5) is 13.9. The Morgan fingerprint density at radius 2 is 1.82 bits per heavy atom. The predicted octanol–water partition coefficient (Wildman–Crippen LogP) is 3.24. The highest BCUT2D eigenvalue weighted by atomic mass is 16.6. The predicted molar refractivity (Wildman–Crippen MR) is 86.7 cm³/mol. The maximum Gasteiger partial charge on any atom is 0.410 e. The Balaban J connectivity index is 1.95. The van der Waals surface area contributed by atoms with Gasteiger partial charge in [-0.1, -0.05) is 30.3 Å². The van der Waals surface area contributed by atoms with Crippen LogP contribution in [-0.4, -0.2) is 41.4 Å². The molecule has 0 saturated carbocycles. The first kappa shape index (κ1) is 16.8. The van der Waals surface area contributed by atoms with Crippen molar-refractivity contribution in [2.24, 2.45) is 5.41 Å². The molecule has 1 aromatic rings. The lowest BCUT2D eigenvalue weighted by atomic mass is 9.74. The van der Waals surface area contributed by atoms with Crippen molar-refractivity contribution < 1.29 is 14.6 Å². The third-order valence-electron chi connectivity index (χ3n) is 4.23. The third kappa shape index (κ3) is 4.47. The molecule has 122 valence electrons. The average Bonchev–Trinajstić information content (AvgIpc) is 2.47. The molecule has 0 aliphatic carbocycles. The van der Waals surface area contributed by atoms with Crippen molar-refractivity contribution in [1.29, 1.82) is 0 Å². The van der Waals surface area contributed by atoms with Crippen LogP contribution in [-0.2, 0) is 11.2 Å². The molecule has 1 fully saturated rings. The summed E-state index contributed by atoms with van der Waals surface area (Å²) >= 11 is 0. The van der Waals surface area contributed by atoms with Crippen LogP contribution in [0.2, 0.25) is 0 Å². The Hall–Kier alpha value is -1.55. The van der Waals surface area contributed by atoms with Gasteiger partial charge in [-0.05, 0) is 45.6 Å². The number of hydrogen-bond acceptors (Lipinski definition) is 3. The van der Waals surface area contributed by atoms with Gasteiger partial charge in [-0.15, -0.1) is 0 Å². The van der Waals surface area contributed by atoms with Gasteiger partial charge in [0.1, 0.15) is 5.60 Å². The first-order chi connectivity index (χ1) is 10.3. The van der Waals surface area contributed by atoms with Gasteiger partial charge in [0.2, 0.25) is 0 Å². The van der Waals surface area contributed by atoms with E-state index in [2.05, 4.69) is 12.1 Å². The second-order valence-electron chi connectivity index (χ2n) is 7.29. The highest BCUT2D eigenvalue weighted by Crippen LogP contribution is 2.35. The molecule has 1 aliphatic heterocycles. The van der Waals surface area contributed by atoms with Crippen LogP contribution in [0.25, 0.3) is 0 Å². The molecule has 0 bridgehead atoms. The fourth-order valence-electron chi connectivity index (χ4n) is 2.91. The van der Waals surface area contributed by atoms with Gasteiger partial charge in [-0.2, -0.15) is 0 Å². The molecule has 0 radical (unpaired) electrons. The molecule has 2 rings (SSSR count). The number of likely N-dealkylation sites (tertiary alicyclic amines) is 1. The Morgan fingerprint density at radius 3 is 2.32 bits per heavy atom. The SMILES string of the molecule is CC(C)(C)OC(=O)N1CCC(CO)(Cc2ccccc2)CC1. The van der Waals surface area contributed by atoms with Gasteiger partial charge in [0.25, 0.3) is 0 Å². The van der Waals surface area contributed by atoms with E-state index in [0.717, 1.165) is 19.3 Å². The topological polar surface area (TPSA) is 49.8 Å². The van der Waals surface area contributed by atoms with Gasteiger partial charge in [-0.3, -0.25) is 0 Å².